The SMILES string of the molecule is O=C(O)/C(Cc1ccccc1[N+](=O)[O-])=N\Nc1nc2c(s1)CSc1cc(Cl)c(Cl)cc1-2. The molecule has 8 nitrogen and oxygen atoms in total. The van der Waals surface area contributed by atoms with Gasteiger partial charge in [-0.05, 0) is 12.1 Å². The molecule has 2 heterocycles. The van der Waals surface area contributed by atoms with Crippen molar-refractivity contribution < 1.29 is 14.8 Å². The molecule has 1 aliphatic rings. The van der Waals surface area contributed by atoms with Gasteiger partial charge in [-0.1, -0.05) is 52.7 Å². The number of aliphatic carboxylic acids is 1. The maximum atomic E-state index is 11.6. The Bertz CT molecular complexity index is 1250. The number of anilines is 1. The lowest BCUT2D eigenvalue weighted by molar-refractivity contribution is -0.385. The summed E-state index contributed by atoms with van der Waals surface area (Å²) >= 11 is 15.2. The molecule has 2 aromatic carbocycles. The average Bonchev–Trinajstić information content (AvgIpc) is 3.15. The number of fused-ring (bicyclic) bond motifs is 3. The molecule has 0 bridgehead atoms. The Hall–Kier alpha value is -2.66. The molecule has 1 aromatic heterocycles. The number of halogens is 2. The van der Waals surface area contributed by atoms with Crippen molar-refractivity contribution in [1.82, 2.24) is 4.98 Å². The number of nitrogens with one attached hydrogen (secondary N) is 1. The van der Waals surface area contributed by atoms with E-state index in [9.17, 15) is 20.0 Å². The number of aromatic nitrogens is 1. The van der Waals surface area contributed by atoms with Gasteiger partial charge in [-0.25, -0.2) is 9.78 Å². The monoisotopic (exact) mass is 494 g/mol. The fourth-order valence-corrected chi connectivity index (χ4v) is 5.44. The molecule has 1 aliphatic heterocycles. The molecule has 0 saturated carbocycles. The zero-order valence-electron chi connectivity index (χ0n) is 15.5. The van der Waals surface area contributed by atoms with E-state index in [0.29, 0.717) is 20.9 Å². The number of hydrazone groups is 1. The number of nitro groups is 1. The van der Waals surface area contributed by atoms with Gasteiger partial charge in [0.05, 0.1) is 20.7 Å². The highest BCUT2D eigenvalue weighted by molar-refractivity contribution is 7.98. The van der Waals surface area contributed by atoms with Gasteiger partial charge in [0.15, 0.2) is 0 Å². The fourth-order valence-electron chi connectivity index (χ4n) is 2.98. The van der Waals surface area contributed by atoms with E-state index >= 15 is 0 Å². The van der Waals surface area contributed by atoms with Crippen LogP contribution < -0.4 is 5.43 Å². The molecule has 0 amide bonds. The Balaban J connectivity index is 1.61. The lowest BCUT2D eigenvalue weighted by Crippen LogP contribution is -2.18. The number of hydrogen-bond acceptors (Lipinski definition) is 8. The lowest BCUT2D eigenvalue weighted by Gasteiger charge is -2.15. The summed E-state index contributed by atoms with van der Waals surface area (Å²) in [7, 11) is 0. The molecule has 0 aliphatic carbocycles. The van der Waals surface area contributed by atoms with Gasteiger partial charge < -0.3 is 5.11 Å². The second kappa shape index (κ2) is 8.83. The summed E-state index contributed by atoms with van der Waals surface area (Å²) in [6.45, 7) is 0. The molecule has 2 N–H and O–H groups in total. The molecule has 0 spiro atoms. The zero-order chi connectivity index (χ0) is 22.1. The highest BCUT2D eigenvalue weighted by atomic mass is 35.5. The number of thiazole rings is 1. The van der Waals surface area contributed by atoms with Crippen LogP contribution in [0.25, 0.3) is 11.3 Å². The smallest absolute Gasteiger partial charge is 0.352 e. The van der Waals surface area contributed by atoms with E-state index in [2.05, 4.69) is 15.5 Å². The van der Waals surface area contributed by atoms with E-state index < -0.39 is 10.9 Å². The van der Waals surface area contributed by atoms with E-state index in [-0.39, 0.29) is 23.4 Å². The minimum atomic E-state index is -1.28. The van der Waals surface area contributed by atoms with Crippen molar-refractivity contribution in [3.8, 4) is 11.3 Å². The van der Waals surface area contributed by atoms with E-state index in [0.717, 1.165) is 21.0 Å². The summed E-state index contributed by atoms with van der Waals surface area (Å²) in [5, 5.41) is 25.9. The van der Waals surface area contributed by atoms with Crippen LogP contribution in [0.5, 0.6) is 0 Å². The van der Waals surface area contributed by atoms with Gasteiger partial charge in [0.25, 0.3) is 5.69 Å². The number of para-hydroxylation sites is 1. The van der Waals surface area contributed by atoms with Crippen LogP contribution >= 0.6 is 46.3 Å². The van der Waals surface area contributed by atoms with Crippen molar-refractivity contribution in [3.05, 3.63) is 67.0 Å². The molecule has 3 aromatic rings. The van der Waals surface area contributed by atoms with Crippen LogP contribution in [0.2, 0.25) is 10.0 Å². The van der Waals surface area contributed by atoms with Crippen LogP contribution in [-0.2, 0) is 17.0 Å². The van der Waals surface area contributed by atoms with Gasteiger partial charge >= 0.3 is 5.97 Å². The second-order valence-electron chi connectivity index (χ2n) is 6.38. The number of nitro benzene ring substituents is 1. The maximum Gasteiger partial charge on any atom is 0.352 e. The predicted octanol–water partition coefficient (Wildman–Crippen LogP) is 5.73. The highest BCUT2D eigenvalue weighted by Gasteiger charge is 2.23. The summed E-state index contributed by atoms with van der Waals surface area (Å²) in [6.07, 6.45) is -0.211. The number of carboxylic acids is 1. The van der Waals surface area contributed by atoms with Crippen LogP contribution in [0.15, 0.2) is 46.4 Å². The van der Waals surface area contributed by atoms with Crippen LogP contribution in [0.1, 0.15) is 10.4 Å². The van der Waals surface area contributed by atoms with Crippen molar-refractivity contribution in [2.75, 3.05) is 5.43 Å². The summed E-state index contributed by atoms with van der Waals surface area (Å²) in [4.78, 5) is 28.8. The van der Waals surface area contributed by atoms with E-state index in [1.807, 2.05) is 0 Å². The number of nitrogens with zero attached hydrogens (tertiary/aromatic N) is 3. The Morgan fingerprint density at radius 3 is 2.77 bits per heavy atom. The Morgan fingerprint density at radius 1 is 1.29 bits per heavy atom. The van der Waals surface area contributed by atoms with E-state index in [4.69, 9.17) is 23.2 Å². The molecular weight excluding hydrogens is 483 g/mol. The Labute approximate surface area is 194 Å². The molecular formula is C19H12Cl2N4O4S2. The summed E-state index contributed by atoms with van der Waals surface area (Å²) in [6, 6.07) is 9.51. The van der Waals surface area contributed by atoms with Crippen molar-refractivity contribution >= 4 is 68.8 Å². The van der Waals surface area contributed by atoms with Gasteiger partial charge in [0.2, 0.25) is 5.13 Å². The standard InChI is InChI=1S/C19H12Cl2N4O4S2/c20-11-6-10-15(7-12(11)21)30-8-16-17(10)22-19(31-16)24-23-13(18(26)27)5-9-3-1-2-4-14(9)25(28)29/h1-4,6-7H,5,8H2,(H,22,24)(H,26,27)/b23-13-. The molecule has 12 heteroatoms. The number of carboxylic acid groups (broad SMARTS) is 1. The van der Waals surface area contributed by atoms with E-state index in [1.165, 1.54) is 29.5 Å². The summed E-state index contributed by atoms with van der Waals surface area (Å²) in [5.41, 5.74) is 4.10. The van der Waals surface area contributed by atoms with Gasteiger partial charge in [-0.15, -0.1) is 11.8 Å². The number of rotatable bonds is 6. The third-order valence-corrected chi connectivity index (χ3v) is 7.36. The molecule has 0 radical (unpaired) electrons. The first-order chi connectivity index (χ1) is 14.8. The molecule has 0 unspecified atom stereocenters. The van der Waals surface area contributed by atoms with Gasteiger partial charge in [-0.3, -0.25) is 15.5 Å². The first-order valence-electron chi connectivity index (χ1n) is 8.73. The number of thioether (sulfide) groups is 1. The normalized spacial score (nSPS) is 12.8. The Morgan fingerprint density at radius 2 is 2.03 bits per heavy atom. The quantitative estimate of drug-likeness (QED) is 0.255. The molecule has 0 atom stereocenters. The minimum Gasteiger partial charge on any atom is -0.477 e. The molecule has 31 heavy (non-hydrogen) atoms. The predicted molar refractivity (Wildman–Crippen MR) is 123 cm³/mol. The largest absolute Gasteiger partial charge is 0.477 e. The summed E-state index contributed by atoms with van der Waals surface area (Å²) in [5.74, 6) is -0.597. The molecule has 0 fully saturated rings. The topological polar surface area (TPSA) is 118 Å². The van der Waals surface area contributed by atoms with Crippen molar-refractivity contribution in [3.63, 3.8) is 0 Å². The van der Waals surface area contributed by atoms with Crippen LogP contribution in [-0.4, -0.2) is 26.7 Å². The van der Waals surface area contributed by atoms with Gasteiger partial charge in [-0.2, -0.15) is 5.10 Å². The second-order valence-corrected chi connectivity index (χ2v) is 9.30. The van der Waals surface area contributed by atoms with Crippen LogP contribution in [0, 0.1) is 10.1 Å². The van der Waals surface area contributed by atoms with Crippen LogP contribution in [0.4, 0.5) is 10.8 Å². The first kappa shape index (κ1) is 21.6. The molecule has 158 valence electrons. The number of carbonyl (C=O) groups is 1. The van der Waals surface area contributed by atoms with Gasteiger partial charge in [0, 0.05) is 39.1 Å². The first-order valence-corrected chi connectivity index (χ1v) is 11.3. The maximum absolute atomic E-state index is 11.6. The average molecular weight is 495 g/mol. The van der Waals surface area contributed by atoms with Gasteiger partial charge in [0.1, 0.15) is 5.71 Å². The number of hydrogen-bond donors (Lipinski definition) is 2. The fraction of sp³-hybridized carbons (Fsp3) is 0.105. The molecule has 4 rings (SSSR count). The van der Waals surface area contributed by atoms with Crippen molar-refractivity contribution in [2.45, 2.75) is 17.1 Å². The minimum absolute atomic E-state index is 0.162. The molecule has 0 saturated heterocycles. The highest BCUT2D eigenvalue weighted by Crippen LogP contribution is 2.47. The van der Waals surface area contributed by atoms with E-state index in [1.54, 1.807) is 30.0 Å². The lowest BCUT2D eigenvalue weighted by atomic mass is 10.1. The van der Waals surface area contributed by atoms with Crippen molar-refractivity contribution in [1.29, 1.82) is 0 Å². The Kier molecular flexibility index (Phi) is 6.15. The third-order valence-electron chi connectivity index (χ3n) is 4.41. The van der Waals surface area contributed by atoms with Crippen LogP contribution in [0.3, 0.4) is 0 Å². The third kappa shape index (κ3) is 4.52. The number of benzene rings is 2. The summed E-state index contributed by atoms with van der Waals surface area (Å²) < 4.78 is 0. The van der Waals surface area contributed by atoms with Crippen molar-refractivity contribution in [2.24, 2.45) is 5.10 Å². The zero-order valence-corrected chi connectivity index (χ0v) is 18.6.